The van der Waals surface area contributed by atoms with Crippen LogP contribution >= 0.6 is 0 Å². The van der Waals surface area contributed by atoms with Crippen molar-refractivity contribution in [3.05, 3.63) is 48.0 Å². The Balaban J connectivity index is 1.74. The van der Waals surface area contributed by atoms with Crippen LogP contribution in [0.15, 0.2) is 42.5 Å². The zero-order valence-corrected chi connectivity index (χ0v) is 18.6. The van der Waals surface area contributed by atoms with E-state index in [1.807, 2.05) is 4.57 Å². The van der Waals surface area contributed by atoms with Crippen LogP contribution in [0.5, 0.6) is 5.75 Å². The van der Waals surface area contributed by atoms with Crippen molar-refractivity contribution in [2.24, 2.45) is 11.3 Å². The van der Waals surface area contributed by atoms with Gasteiger partial charge in [-0.2, -0.15) is 0 Å². The molecular weight excluding hydrogens is 435 g/mol. The number of carbonyl (C=O) groups is 1. The van der Waals surface area contributed by atoms with Crippen molar-refractivity contribution >= 4 is 28.6 Å². The van der Waals surface area contributed by atoms with Gasteiger partial charge in [0.05, 0.1) is 16.6 Å². The smallest absolute Gasteiger partial charge is 0.478 e. The Hall–Kier alpha value is -3.23. The van der Waals surface area contributed by atoms with Crippen LogP contribution in [-0.4, -0.2) is 27.0 Å². The molecule has 1 aliphatic rings. The molecule has 0 amide bonds. The number of ether oxygens (including phenoxy) is 1. The molecule has 1 fully saturated rings. The Bertz CT molecular complexity index is 1170. The predicted octanol–water partition coefficient (Wildman–Crippen LogP) is 6.76. The summed E-state index contributed by atoms with van der Waals surface area (Å²) in [4.78, 5) is 16.3. The SMILES string of the molecule is CC1C[C@@H](n2c(Nc3ccc(OC(F)(F)F)cc3)nc3ccc(C(=O)O)cc32)CC(C)(C)C1. The minimum absolute atomic E-state index is 0.0909. The summed E-state index contributed by atoms with van der Waals surface area (Å²) in [7, 11) is 0. The van der Waals surface area contributed by atoms with Gasteiger partial charge < -0.3 is 19.7 Å². The zero-order chi connectivity index (χ0) is 24.0. The van der Waals surface area contributed by atoms with E-state index in [-0.39, 0.29) is 22.8 Å². The van der Waals surface area contributed by atoms with Crippen LogP contribution in [0.1, 0.15) is 56.4 Å². The van der Waals surface area contributed by atoms with Crippen LogP contribution in [0.3, 0.4) is 0 Å². The number of hydrogen-bond acceptors (Lipinski definition) is 4. The van der Waals surface area contributed by atoms with E-state index in [0.29, 0.717) is 28.6 Å². The molecule has 33 heavy (non-hydrogen) atoms. The molecule has 2 atom stereocenters. The maximum Gasteiger partial charge on any atom is 0.573 e. The molecule has 2 N–H and O–H groups in total. The second-order valence-corrected chi connectivity index (χ2v) is 9.58. The number of carboxylic acid groups (broad SMARTS) is 1. The van der Waals surface area contributed by atoms with Crippen LogP contribution in [0, 0.1) is 11.3 Å². The van der Waals surface area contributed by atoms with Crippen molar-refractivity contribution in [2.45, 2.75) is 52.4 Å². The Morgan fingerprint density at radius 2 is 1.88 bits per heavy atom. The molecule has 0 aliphatic heterocycles. The largest absolute Gasteiger partial charge is 0.573 e. The average molecular weight is 461 g/mol. The number of hydrogen-bond donors (Lipinski definition) is 2. The summed E-state index contributed by atoms with van der Waals surface area (Å²) in [5.74, 6) is -0.329. The molecule has 0 radical (unpaired) electrons. The monoisotopic (exact) mass is 461 g/mol. The van der Waals surface area contributed by atoms with Crippen LogP contribution in [0.25, 0.3) is 11.0 Å². The van der Waals surface area contributed by atoms with Crippen LogP contribution in [0.4, 0.5) is 24.8 Å². The van der Waals surface area contributed by atoms with Crippen molar-refractivity contribution < 1.29 is 27.8 Å². The minimum atomic E-state index is -4.75. The van der Waals surface area contributed by atoms with Gasteiger partial charge in [-0.05, 0) is 73.1 Å². The number of benzene rings is 2. The molecule has 0 bridgehead atoms. The highest BCUT2D eigenvalue weighted by atomic mass is 19.4. The van der Waals surface area contributed by atoms with E-state index in [0.717, 1.165) is 19.3 Å². The number of aromatic carboxylic acids is 1. The summed E-state index contributed by atoms with van der Waals surface area (Å²) in [5.41, 5.74) is 2.19. The number of anilines is 2. The van der Waals surface area contributed by atoms with Gasteiger partial charge in [-0.15, -0.1) is 13.2 Å². The van der Waals surface area contributed by atoms with Gasteiger partial charge in [0, 0.05) is 11.7 Å². The van der Waals surface area contributed by atoms with Gasteiger partial charge in [0.15, 0.2) is 0 Å². The van der Waals surface area contributed by atoms with Gasteiger partial charge >= 0.3 is 12.3 Å². The zero-order valence-electron chi connectivity index (χ0n) is 18.6. The van der Waals surface area contributed by atoms with Crippen molar-refractivity contribution in [3.63, 3.8) is 0 Å². The highest BCUT2D eigenvalue weighted by molar-refractivity contribution is 5.93. The third kappa shape index (κ3) is 5.23. The number of nitrogens with one attached hydrogen (secondary N) is 1. The molecular formula is C24H26F3N3O3. The molecule has 1 heterocycles. The number of nitrogens with zero attached hydrogens (tertiary/aromatic N) is 2. The van der Waals surface area contributed by atoms with E-state index in [4.69, 9.17) is 0 Å². The first-order valence-electron chi connectivity index (χ1n) is 10.8. The van der Waals surface area contributed by atoms with Crippen LogP contribution < -0.4 is 10.1 Å². The van der Waals surface area contributed by atoms with Gasteiger partial charge in [0.25, 0.3) is 0 Å². The molecule has 1 unspecified atom stereocenters. The highest BCUT2D eigenvalue weighted by Gasteiger charge is 2.35. The van der Waals surface area contributed by atoms with Gasteiger partial charge in [-0.3, -0.25) is 0 Å². The van der Waals surface area contributed by atoms with Gasteiger partial charge in [-0.1, -0.05) is 20.8 Å². The van der Waals surface area contributed by atoms with Gasteiger partial charge in [-0.25, -0.2) is 9.78 Å². The third-order valence-electron chi connectivity index (χ3n) is 6.01. The number of aromatic nitrogens is 2. The Labute approximate surface area is 189 Å². The molecule has 4 rings (SSSR count). The molecule has 1 aromatic heterocycles. The minimum Gasteiger partial charge on any atom is -0.478 e. The first-order valence-corrected chi connectivity index (χ1v) is 10.8. The van der Waals surface area contributed by atoms with E-state index >= 15 is 0 Å². The first-order chi connectivity index (χ1) is 15.4. The van der Waals surface area contributed by atoms with Gasteiger partial charge in [0.2, 0.25) is 5.95 Å². The van der Waals surface area contributed by atoms with E-state index in [1.165, 1.54) is 30.3 Å². The summed E-state index contributed by atoms with van der Waals surface area (Å²) in [6.07, 6.45) is -1.85. The quantitative estimate of drug-likeness (QED) is 0.439. The average Bonchev–Trinajstić information content (AvgIpc) is 3.03. The molecule has 0 saturated heterocycles. The normalized spacial score (nSPS) is 20.5. The highest BCUT2D eigenvalue weighted by Crippen LogP contribution is 2.46. The summed E-state index contributed by atoms with van der Waals surface area (Å²) in [6.45, 7) is 6.66. The lowest BCUT2D eigenvalue weighted by atomic mass is 9.70. The fourth-order valence-electron chi connectivity index (χ4n) is 5.05. The molecule has 3 aromatic rings. The number of halogens is 3. The van der Waals surface area contributed by atoms with Crippen molar-refractivity contribution in [2.75, 3.05) is 5.32 Å². The van der Waals surface area contributed by atoms with E-state index in [1.54, 1.807) is 12.1 Å². The lowest BCUT2D eigenvalue weighted by molar-refractivity contribution is -0.274. The Morgan fingerprint density at radius 3 is 2.48 bits per heavy atom. The van der Waals surface area contributed by atoms with E-state index < -0.39 is 12.3 Å². The summed E-state index contributed by atoms with van der Waals surface area (Å²) in [5, 5.41) is 12.7. The second-order valence-electron chi connectivity index (χ2n) is 9.58. The standard InChI is InChI=1S/C24H26F3N3O3/c1-14-10-17(13-23(2,3)12-14)30-20-11-15(21(31)32)4-9-19(20)29-22(30)28-16-5-7-18(8-6-16)33-24(25,26)27/h4-9,11,14,17H,10,12-13H2,1-3H3,(H,28,29)(H,31,32)/t14?,17-/m1/s1. The van der Waals surface area contributed by atoms with Crippen molar-refractivity contribution in [3.8, 4) is 5.75 Å². The maximum absolute atomic E-state index is 12.5. The number of carboxylic acids is 1. The maximum atomic E-state index is 12.5. The lowest BCUT2D eigenvalue weighted by Crippen LogP contribution is -2.29. The van der Waals surface area contributed by atoms with Crippen LogP contribution in [-0.2, 0) is 0 Å². The predicted molar refractivity (Wildman–Crippen MR) is 119 cm³/mol. The lowest BCUT2D eigenvalue weighted by Gasteiger charge is -2.40. The molecule has 0 spiro atoms. The number of fused-ring (bicyclic) bond motifs is 1. The van der Waals surface area contributed by atoms with Gasteiger partial charge in [0.1, 0.15) is 5.75 Å². The summed E-state index contributed by atoms with van der Waals surface area (Å²) < 4.78 is 43.4. The molecule has 176 valence electrons. The van der Waals surface area contributed by atoms with Crippen molar-refractivity contribution in [1.82, 2.24) is 9.55 Å². The molecule has 1 saturated carbocycles. The van der Waals surface area contributed by atoms with E-state index in [9.17, 15) is 23.1 Å². The number of alkyl halides is 3. The number of rotatable bonds is 5. The summed E-state index contributed by atoms with van der Waals surface area (Å²) in [6, 6.07) is 10.4. The number of imidazole rings is 1. The fraction of sp³-hybridized carbons (Fsp3) is 0.417. The summed E-state index contributed by atoms with van der Waals surface area (Å²) >= 11 is 0. The third-order valence-corrected chi connectivity index (χ3v) is 6.01. The molecule has 2 aromatic carbocycles. The topological polar surface area (TPSA) is 76.4 Å². The molecule has 9 heteroatoms. The fourth-order valence-corrected chi connectivity index (χ4v) is 5.05. The molecule has 1 aliphatic carbocycles. The first kappa shape index (κ1) is 22.9. The van der Waals surface area contributed by atoms with E-state index in [2.05, 4.69) is 35.8 Å². The van der Waals surface area contributed by atoms with Crippen molar-refractivity contribution in [1.29, 1.82) is 0 Å². The van der Waals surface area contributed by atoms with Crippen LogP contribution in [0.2, 0.25) is 0 Å². The second kappa shape index (κ2) is 8.28. The Morgan fingerprint density at radius 1 is 1.18 bits per heavy atom. The molecule has 6 nitrogen and oxygen atoms in total. The Kier molecular flexibility index (Phi) is 5.76.